The lowest BCUT2D eigenvalue weighted by atomic mass is 9.88. The summed E-state index contributed by atoms with van der Waals surface area (Å²) < 4.78 is 5.52. The number of ether oxygens (including phenoxy) is 1. The molecule has 2 fully saturated rings. The third-order valence-electron chi connectivity index (χ3n) is 5.66. The minimum absolute atomic E-state index is 0.250. The van der Waals surface area contributed by atoms with Crippen molar-refractivity contribution in [3.8, 4) is 5.75 Å². The molecule has 0 saturated heterocycles. The normalized spacial score (nSPS) is 29.0. The lowest BCUT2D eigenvalue weighted by Gasteiger charge is -2.33. The number of para-hydroxylation sites is 1. The number of nitrogens with two attached hydrogens (primary N) is 1. The Hall–Kier alpha value is -1.06. The number of nitrogens with zero attached hydrogens (tertiary/aromatic N) is 1. The Labute approximate surface area is 128 Å². The van der Waals surface area contributed by atoms with Crippen molar-refractivity contribution in [1.29, 1.82) is 0 Å². The Morgan fingerprint density at radius 1 is 1.29 bits per heavy atom. The van der Waals surface area contributed by atoms with Crippen LogP contribution in [0.25, 0.3) is 0 Å². The monoisotopic (exact) mass is 288 g/mol. The first-order valence-electron chi connectivity index (χ1n) is 8.26. The summed E-state index contributed by atoms with van der Waals surface area (Å²) >= 11 is 0. The number of benzene rings is 1. The second kappa shape index (κ2) is 6.37. The zero-order chi connectivity index (χ0) is 14.8. The number of likely N-dealkylation sites (N-methyl/N-ethyl adjacent to an activating group) is 1. The number of fused-ring (bicyclic) bond motifs is 2. The molecule has 1 aromatic carbocycles. The highest BCUT2D eigenvalue weighted by Gasteiger charge is 2.40. The van der Waals surface area contributed by atoms with E-state index < -0.39 is 0 Å². The molecule has 2 N–H and O–H groups in total. The average Bonchev–Trinajstić information content (AvgIpc) is 3.11. The van der Waals surface area contributed by atoms with Crippen LogP contribution in [0.4, 0.5) is 0 Å². The van der Waals surface area contributed by atoms with E-state index >= 15 is 0 Å². The molecule has 2 bridgehead atoms. The summed E-state index contributed by atoms with van der Waals surface area (Å²) in [7, 11) is 3.96. The predicted molar refractivity (Wildman–Crippen MR) is 86.4 cm³/mol. The van der Waals surface area contributed by atoms with Crippen LogP contribution in [-0.4, -0.2) is 32.1 Å². The van der Waals surface area contributed by atoms with Crippen LogP contribution < -0.4 is 10.5 Å². The van der Waals surface area contributed by atoms with Gasteiger partial charge in [0.1, 0.15) is 5.75 Å². The molecule has 0 amide bonds. The second-order valence-electron chi connectivity index (χ2n) is 6.87. The lowest BCUT2D eigenvalue weighted by Crippen LogP contribution is -2.35. The summed E-state index contributed by atoms with van der Waals surface area (Å²) in [6.45, 7) is 1.80. The quantitative estimate of drug-likeness (QED) is 0.874. The van der Waals surface area contributed by atoms with Crippen molar-refractivity contribution in [1.82, 2.24) is 4.90 Å². The molecule has 116 valence electrons. The van der Waals surface area contributed by atoms with Crippen molar-refractivity contribution in [3.63, 3.8) is 0 Å². The van der Waals surface area contributed by atoms with Gasteiger partial charge < -0.3 is 10.5 Å². The van der Waals surface area contributed by atoms with E-state index in [9.17, 15) is 0 Å². The average molecular weight is 288 g/mol. The zero-order valence-corrected chi connectivity index (χ0v) is 13.3. The van der Waals surface area contributed by atoms with Crippen LogP contribution >= 0.6 is 0 Å². The molecule has 3 rings (SSSR count). The maximum absolute atomic E-state index is 6.08. The van der Waals surface area contributed by atoms with E-state index in [1.807, 2.05) is 12.1 Å². The molecule has 2 saturated carbocycles. The van der Waals surface area contributed by atoms with Gasteiger partial charge in [-0.25, -0.2) is 0 Å². The van der Waals surface area contributed by atoms with Crippen LogP contribution in [-0.2, 0) is 0 Å². The highest BCUT2D eigenvalue weighted by atomic mass is 16.5. The zero-order valence-electron chi connectivity index (χ0n) is 13.3. The maximum Gasteiger partial charge on any atom is 0.123 e. The molecule has 0 aromatic heterocycles. The van der Waals surface area contributed by atoms with Crippen LogP contribution in [0.5, 0.6) is 5.75 Å². The highest BCUT2D eigenvalue weighted by molar-refractivity contribution is 5.36. The minimum atomic E-state index is 0.250. The lowest BCUT2D eigenvalue weighted by molar-refractivity contribution is 0.174. The van der Waals surface area contributed by atoms with E-state index in [1.165, 1.54) is 37.8 Å². The van der Waals surface area contributed by atoms with Gasteiger partial charge in [0.05, 0.1) is 13.2 Å². The maximum atomic E-state index is 6.08. The van der Waals surface area contributed by atoms with E-state index in [1.54, 1.807) is 7.11 Å². The summed E-state index contributed by atoms with van der Waals surface area (Å²) in [5.41, 5.74) is 7.30. The summed E-state index contributed by atoms with van der Waals surface area (Å²) in [5.74, 6) is 3.80. The van der Waals surface area contributed by atoms with E-state index in [0.29, 0.717) is 6.54 Å². The van der Waals surface area contributed by atoms with Gasteiger partial charge in [-0.05, 0) is 50.1 Å². The SMILES string of the molecule is COc1ccccc1C(CN)N(C)CC1CC2CCC1C2. The number of hydrogen-bond donors (Lipinski definition) is 1. The molecule has 0 aliphatic heterocycles. The molecule has 4 unspecified atom stereocenters. The van der Waals surface area contributed by atoms with Gasteiger partial charge in [0.15, 0.2) is 0 Å². The molecule has 4 atom stereocenters. The molecular weight excluding hydrogens is 260 g/mol. The molecular formula is C18H28N2O. The van der Waals surface area contributed by atoms with E-state index in [0.717, 1.165) is 23.5 Å². The first-order chi connectivity index (χ1) is 10.2. The summed E-state index contributed by atoms with van der Waals surface area (Å²) in [4.78, 5) is 2.45. The van der Waals surface area contributed by atoms with Crippen molar-refractivity contribution >= 4 is 0 Å². The number of hydrogen-bond acceptors (Lipinski definition) is 3. The molecule has 3 nitrogen and oxygen atoms in total. The van der Waals surface area contributed by atoms with Crippen LogP contribution in [0.15, 0.2) is 24.3 Å². The minimum Gasteiger partial charge on any atom is -0.496 e. The molecule has 2 aliphatic rings. The van der Waals surface area contributed by atoms with Crippen molar-refractivity contribution in [2.45, 2.75) is 31.7 Å². The first-order valence-corrected chi connectivity index (χ1v) is 8.26. The third-order valence-corrected chi connectivity index (χ3v) is 5.66. The van der Waals surface area contributed by atoms with Crippen molar-refractivity contribution in [2.75, 3.05) is 27.2 Å². The summed E-state index contributed by atoms with van der Waals surface area (Å²) in [5, 5.41) is 0. The standard InChI is InChI=1S/C18H28N2O/c1-20(12-15-10-13-7-8-14(15)9-13)17(11-19)16-5-3-4-6-18(16)21-2/h3-6,13-15,17H,7-12,19H2,1-2H3. The number of methoxy groups -OCH3 is 1. The van der Waals surface area contributed by atoms with E-state index in [2.05, 4.69) is 24.1 Å². The van der Waals surface area contributed by atoms with Crippen molar-refractivity contribution in [2.24, 2.45) is 23.5 Å². The summed E-state index contributed by atoms with van der Waals surface area (Å²) in [6.07, 6.45) is 5.82. The first kappa shape index (κ1) is 14.9. The van der Waals surface area contributed by atoms with Gasteiger partial charge in [-0.3, -0.25) is 4.90 Å². The molecule has 2 aliphatic carbocycles. The highest BCUT2D eigenvalue weighted by Crippen LogP contribution is 2.48. The second-order valence-corrected chi connectivity index (χ2v) is 6.87. The Morgan fingerprint density at radius 3 is 2.71 bits per heavy atom. The fourth-order valence-electron chi connectivity index (χ4n) is 4.58. The van der Waals surface area contributed by atoms with E-state index in [-0.39, 0.29) is 6.04 Å². The molecule has 0 heterocycles. The van der Waals surface area contributed by atoms with Gasteiger partial charge in [0, 0.05) is 18.7 Å². The molecule has 3 heteroatoms. The Morgan fingerprint density at radius 2 is 2.10 bits per heavy atom. The predicted octanol–water partition coefficient (Wildman–Crippen LogP) is 3.06. The van der Waals surface area contributed by atoms with Crippen LogP contribution in [0, 0.1) is 17.8 Å². The summed E-state index contributed by atoms with van der Waals surface area (Å²) in [6, 6.07) is 8.52. The molecule has 0 spiro atoms. The van der Waals surface area contributed by atoms with Gasteiger partial charge in [0.2, 0.25) is 0 Å². The smallest absolute Gasteiger partial charge is 0.123 e. The van der Waals surface area contributed by atoms with Crippen molar-refractivity contribution in [3.05, 3.63) is 29.8 Å². The molecule has 1 aromatic rings. The van der Waals surface area contributed by atoms with Gasteiger partial charge in [-0.1, -0.05) is 24.6 Å². The van der Waals surface area contributed by atoms with Gasteiger partial charge in [-0.2, -0.15) is 0 Å². The molecule has 21 heavy (non-hydrogen) atoms. The molecule has 0 radical (unpaired) electrons. The number of rotatable bonds is 6. The fraction of sp³-hybridized carbons (Fsp3) is 0.667. The Balaban J connectivity index is 1.70. The van der Waals surface area contributed by atoms with Gasteiger partial charge in [0.25, 0.3) is 0 Å². The fourth-order valence-corrected chi connectivity index (χ4v) is 4.58. The van der Waals surface area contributed by atoms with Gasteiger partial charge in [-0.15, -0.1) is 0 Å². The van der Waals surface area contributed by atoms with Crippen LogP contribution in [0.1, 0.15) is 37.3 Å². The topological polar surface area (TPSA) is 38.5 Å². The van der Waals surface area contributed by atoms with Gasteiger partial charge >= 0.3 is 0 Å². The Kier molecular flexibility index (Phi) is 4.51. The van der Waals surface area contributed by atoms with Crippen LogP contribution in [0.2, 0.25) is 0 Å². The van der Waals surface area contributed by atoms with Crippen molar-refractivity contribution < 1.29 is 4.74 Å². The van der Waals surface area contributed by atoms with E-state index in [4.69, 9.17) is 10.5 Å². The Bertz CT molecular complexity index is 476. The third kappa shape index (κ3) is 2.95. The van der Waals surface area contributed by atoms with Crippen LogP contribution in [0.3, 0.4) is 0 Å². The largest absolute Gasteiger partial charge is 0.496 e.